The number of nitrogens with one attached hydrogen (secondary N) is 2. The van der Waals surface area contributed by atoms with E-state index in [-0.39, 0.29) is 6.61 Å². The van der Waals surface area contributed by atoms with E-state index in [2.05, 4.69) is 15.3 Å². The van der Waals surface area contributed by atoms with E-state index in [1.807, 2.05) is 57.3 Å². The molecule has 3 rings (SSSR count). The summed E-state index contributed by atoms with van der Waals surface area (Å²) >= 11 is 6.22. The number of carbonyl (C=O) groups excluding carboxylic acids is 1. The Kier molecular flexibility index (Phi) is 7.39. The van der Waals surface area contributed by atoms with Gasteiger partial charge in [-0.05, 0) is 44.9 Å². The van der Waals surface area contributed by atoms with Gasteiger partial charge in [0.2, 0.25) is 0 Å². The molecule has 1 aromatic carbocycles. The highest BCUT2D eigenvalue weighted by atomic mass is 35.5. The molecule has 2 N–H and O–H groups in total. The molecule has 7 nitrogen and oxygen atoms in total. The van der Waals surface area contributed by atoms with Crippen molar-refractivity contribution in [3.63, 3.8) is 0 Å². The number of benzene rings is 1. The van der Waals surface area contributed by atoms with Gasteiger partial charge in [0, 0.05) is 34.9 Å². The number of aromatic amines is 1. The molecule has 2 aromatic heterocycles. The molecular formula is C24H25ClN4O3. The molecule has 0 saturated carbocycles. The summed E-state index contributed by atoms with van der Waals surface area (Å²) in [5.74, 6) is 0.416. The van der Waals surface area contributed by atoms with Gasteiger partial charge in [0.05, 0.1) is 23.3 Å². The number of hydrogen-bond donors (Lipinski definition) is 2. The molecule has 8 heteroatoms. The van der Waals surface area contributed by atoms with Gasteiger partial charge in [0.15, 0.2) is 0 Å². The smallest absolute Gasteiger partial charge is 0.408 e. The molecule has 0 fully saturated rings. The molecular weight excluding hydrogens is 428 g/mol. The summed E-state index contributed by atoms with van der Waals surface area (Å²) in [6.07, 6.45) is 7.80. The van der Waals surface area contributed by atoms with Crippen LogP contribution in [0.1, 0.15) is 31.9 Å². The second-order valence-electron chi connectivity index (χ2n) is 8.21. The number of carbonyl (C=O) groups is 1. The Morgan fingerprint density at radius 1 is 1.34 bits per heavy atom. The number of pyridine rings is 1. The lowest BCUT2D eigenvalue weighted by Gasteiger charge is -2.24. The molecule has 1 amide bonds. The van der Waals surface area contributed by atoms with Gasteiger partial charge in [0.25, 0.3) is 0 Å². The summed E-state index contributed by atoms with van der Waals surface area (Å²) < 4.78 is 11.4. The molecule has 0 spiro atoms. The van der Waals surface area contributed by atoms with E-state index >= 15 is 0 Å². The van der Waals surface area contributed by atoms with Crippen LogP contribution < -0.4 is 10.1 Å². The lowest BCUT2D eigenvalue weighted by Crippen LogP contribution is -2.43. The largest absolute Gasteiger partial charge is 0.489 e. The van der Waals surface area contributed by atoms with E-state index in [0.717, 1.165) is 16.5 Å². The molecule has 166 valence electrons. The minimum Gasteiger partial charge on any atom is -0.489 e. The molecule has 2 heterocycles. The average molecular weight is 453 g/mol. The Bertz CT molecular complexity index is 1160. The predicted octanol–water partition coefficient (Wildman–Crippen LogP) is 5.27. The van der Waals surface area contributed by atoms with Crippen LogP contribution in [0, 0.1) is 11.3 Å². The highest BCUT2D eigenvalue weighted by Crippen LogP contribution is 2.27. The number of amides is 1. The third kappa shape index (κ3) is 6.25. The second-order valence-corrected chi connectivity index (χ2v) is 8.62. The van der Waals surface area contributed by atoms with E-state index in [4.69, 9.17) is 26.3 Å². The fraction of sp³-hybridized carbons (Fsp3) is 0.292. The minimum absolute atomic E-state index is 0.147. The van der Waals surface area contributed by atoms with Gasteiger partial charge in [-0.1, -0.05) is 29.8 Å². The van der Waals surface area contributed by atoms with Gasteiger partial charge in [-0.3, -0.25) is 4.98 Å². The van der Waals surface area contributed by atoms with Crippen LogP contribution in [0.15, 0.2) is 48.9 Å². The fourth-order valence-corrected chi connectivity index (χ4v) is 3.42. The van der Waals surface area contributed by atoms with Crippen molar-refractivity contribution in [3.8, 4) is 11.8 Å². The van der Waals surface area contributed by atoms with Gasteiger partial charge >= 0.3 is 6.09 Å². The summed E-state index contributed by atoms with van der Waals surface area (Å²) in [4.78, 5) is 19.8. The average Bonchev–Trinajstić information content (AvgIpc) is 3.13. The normalized spacial score (nSPS) is 12.5. The van der Waals surface area contributed by atoms with Crippen molar-refractivity contribution in [2.75, 3.05) is 6.61 Å². The topological polar surface area (TPSA) is 100 Å². The first kappa shape index (κ1) is 23.2. The Labute approximate surface area is 192 Å². The number of hydrogen-bond acceptors (Lipinski definition) is 5. The number of fused-ring (bicyclic) bond motifs is 1. The standard InChI is InChI=1S/C24H25ClN4O3/c1-24(2,3)32-23(30)29-17(11-16-12-28-21-9-5-4-7-18(16)21)15-31-22-14-27-13-20(25)19(22)8-6-10-26/h4-9,12-14,17,28H,11,15H2,1-3H3,(H,29,30)/b8-6+. The van der Waals surface area contributed by atoms with Crippen LogP contribution in [0.5, 0.6) is 5.75 Å². The maximum atomic E-state index is 12.5. The number of alkyl carbamates (subject to hydrolysis) is 1. The Morgan fingerprint density at radius 2 is 2.12 bits per heavy atom. The number of ether oxygens (including phenoxy) is 2. The van der Waals surface area contributed by atoms with Crippen LogP contribution in [0.25, 0.3) is 17.0 Å². The summed E-state index contributed by atoms with van der Waals surface area (Å²) in [6, 6.07) is 9.50. The zero-order valence-corrected chi connectivity index (χ0v) is 18.9. The molecule has 0 aliphatic heterocycles. The number of rotatable bonds is 7. The summed E-state index contributed by atoms with van der Waals surface area (Å²) in [6.45, 7) is 5.57. The molecule has 1 unspecified atom stereocenters. The van der Waals surface area contributed by atoms with Crippen molar-refractivity contribution in [3.05, 3.63) is 65.1 Å². The predicted molar refractivity (Wildman–Crippen MR) is 125 cm³/mol. The summed E-state index contributed by atoms with van der Waals surface area (Å²) in [5.41, 5.74) is 1.98. The van der Waals surface area contributed by atoms with Gasteiger partial charge < -0.3 is 19.8 Å². The van der Waals surface area contributed by atoms with Crippen molar-refractivity contribution in [2.45, 2.75) is 38.8 Å². The van der Waals surface area contributed by atoms with Crippen LogP contribution in [0.4, 0.5) is 4.79 Å². The number of para-hydroxylation sites is 1. The number of H-pyrrole nitrogens is 1. The first-order valence-corrected chi connectivity index (χ1v) is 10.5. The molecule has 0 aliphatic rings. The summed E-state index contributed by atoms with van der Waals surface area (Å²) in [5, 5.41) is 13.2. The number of allylic oxidation sites excluding steroid dienone is 1. The SMILES string of the molecule is CC(C)(C)OC(=O)NC(COc1cncc(Cl)c1/C=C/C#N)Cc1c[nH]c2ccccc12. The van der Waals surface area contributed by atoms with Crippen LogP contribution in [-0.4, -0.2) is 34.3 Å². The zero-order valence-electron chi connectivity index (χ0n) is 18.2. The first-order valence-electron chi connectivity index (χ1n) is 10.1. The molecule has 0 radical (unpaired) electrons. The van der Waals surface area contributed by atoms with Crippen LogP contribution >= 0.6 is 11.6 Å². The molecule has 0 saturated heterocycles. The quantitative estimate of drug-likeness (QED) is 0.476. The number of halogens is 1. The van der Waals surface area contributed by atoms with Crippen molar-refractivity contribution in [2.24, 2.45) is 0 Å². The lowest BCUT2D eigenvalue weighted by molar-refractivity contribution is 0.0488. The van der Waals surface area contributed by atoms with E-state index in [1.165, 1.54) is 18.5 Å². The van der Waals surface area contributed by atoms with E-state index < -0.39 is 17.7 Å². The Hall–Kier alpha value is -3.50. The molecule has 0 aliphatic carbocycles. The Morgan fingerprint density at radius 3 is 2.88 bits per heavy atom. The molecule has 3 aromatic rings. The van der Waals surface area contributed by atoms with Gasteiger partial charge in [0.1, 0.15) is 18.0 Å². The van der Waals surface area contributed by atoms with Crippen molar-refractivity contribution >= 4 is 34.7 Å². The summed E-state index contributed by atoms with van der Waals surface area (Å²) in [7, 11) is 0. The maximum Gasteiger partial charge on any atom is 0.408 e. The van der Waals surface area contributed by atoms with E-state index in [1.54, 1.807) is 6.08 Å². The van der Waals surface area contributed by atoms with Gasteiger partial charge in [-0.15, -0.1) is 0 Å². The van der Waals surface area contributed by atoms with Crippen LogP contribution in [0.3, 0.4) is 0 Å². The number of nitriles is 1. The second kappa shape index (κ2) is 10.2. The first-order chi connectivity index (χ1) is 15.3. The highest BCUT2D eigenvalue weighted by molar-refractivity contribution is 6.32. The van der Waals surface area contributed by atoms with Crippen LogP contribution in [-0.2, 0) is 11.2 Å². The van der Waals surface area contributed by atoms with Crippen molar-refractivity contribution < 1.29 is 14.3 Å². The third-order valence-electron chi connectivity index (χ3n) is 4.53. The van der Waals surface area contributed by atoms with Gasteiger partial charge in [-0.25, -0.2) is 4.79 Å². The van der Waals surface area contributed by atoms with E-state index in [0.29, 0.717) is 22.8 Å². The van der Waals surface area contributed by atoms with E-state index in [9.17, 15) is 4.79 Å². The van der Waals surface area contributed by atoms with Crippen molar-refractivity contribution in [1.82, 2.24) is 15.3 Å². The number of aromatic nitrogens is 2. The monoisotopic (exact) mass is 452 g/mol. The molecule has 0 bridgehead atoms. The minimum atomic E-state index is -0.623. The Balaban J connectivity index is 1.81. The zero-order chi connectivity index (χ0) is 23.1. The number of nitrogens with zero attached hydrogens (tertiary/aromatic N) is 2. The fourth-order valence-electron chi connectivity index (χ4n) is 3.21. The lowest BCUT2D eigenvalue weighted by atomic mass is 10.1. The maximum absolute atomic E-state index is 12.5. The van der Waals surface area contributed by atoms with Gasteiger partial charge in [-0.2, -0.15) is 5.26 Å². The molecule has 32 heavy (non-hydrogen) atoms. The third-order valence-corrected chi connectivity index (χ3v) is 4.83. The molecule has 1 atom stereocenters. The van der Waals surface area contributed by atoms with Crippen molar-refractivity contribution in [1.29, 1.82) is 5.26 Å². The highest BCUT2D eigenvalue weighted by Gasteiger charge is 2.22. The van der Waals surface area contributed by atoms with Crippen LogP contribution in [0.2, 0.25) is 5.02 Å².